The van der Waals surface area contributed by atoms with Crippen LogP contribution in [-0.2, 0) is 15.0 Å². The van der Waals surface area contributed by atoms with E-state index >= 15 is 0 Å². The van der Waals surface area contributed by atoms with E-state index in [1.165, 1.54) is 0 Å². The van der Waals surface area contributed by atoms with Gasteiger partial charge in [-0.3, -0.25) is 14.9 Å². The number of nitrogens with zero attached hydrogens (tertiary/aromatic N) is 1. The monoisotopic (exact) mass is 264 g/mol. The van der Waals surface area contributed by atoms with Crippen LogP contribution in [0, 0.1) is 17.2 Å². The van der Waals surface area contributed by atoms with Gasteiger partial charge in [0.25, 0.3) is 11.8 Å². The Bertz CT molecular complexity index is 741. The van der Waals surface area contributed by atoms with Crippen molar-refractivity contribution in [1.82, 2.24) is 5.32 Å². The third kappa shape index (κ3) is 1.16. The van der Waals surface area contributed by atoms with Crippen LogP contribution in [0.15, 0.2) is 35.4 Å². The molecule has 0 saturated heterocycles. The number of fused-ring (bicyclic) bond motifs is 4. The Balaban J connectivity index is 1.98. The van der Waals surface area contributed by atoms with Gasteiger partial charge in [0.05, 0.1) is 11.6 Å². The molecule has 1 saturated carbocycles. The van der Waals surface area contributed by atoms with Crippen molar-refractivity contribution >= 4 is 11.8 Å². The average molecular weight is 264 g/mol. The minimum Gasteiger partial charge on any atom is -0.289 e. The first kappa shape index (κ1) is 11.4. The fourth-order valence-electron chi connectivity index (χ4n) is 4.23. The summed E-state index contributed by atoms with van der Waals surface area (Å²) in [4.78, 5) is 24.1. The molecule has 20 heavy (non-hydrogen) atoms. The summed E-state index contributed by atoms with van der Waals surface area (Å²) in [5, 5.41) is 11.7. The molecular weight excluding hydrogens is 252 g/mol. The molecular formula is C16H12N2O2. The number of amides is 2. The number of benzene rings is 1. The number of rotatable bonds is 1. The molecule has 2 aliphatic carbocycles. The van der Waals surface area contributed by atoms with Crippen molar-refractivity contribution in [2.45, 2.75) is 24.7 Å². The van der Waals surface area contributed by atoms with Crippen LogP contribution in [0.5, 0.6) is 0 Å². The van der Waals surface area contributed by atoms with Gasteiger partial charge in [-0.25, -0.2) is 0 Å². The van der Waals surface area contributed by atoms with Gasteiger partial charge in [-0.05, 0) is 36.8 Å². The number of hydrogen-bond acceptors (Lipinski definition) is 3. The molecule has 4 nitrogen and oxygen atoms in total. The van der Waals surface area contributed by atoms with Crippen LogP contribution < -0.4 is 5.32 Å². The van der Waals surface area contributed by atoms with Gasteiger partial charge < -0.3 is 0 Å². The largest absolute Gasteiger partial charge is 0.289 e. The Morgan fingerprint density at radius 2 is 2.05 bits per heavy atom. The molecule has 2 bridgehead atoms. The minimum atomic E-state index is -0.428. The maximum atomic E-state index is 12.2. The van der Waals surface area contributed by atoms with Crippen molar-refractivity contribution in [3.63, 3.8) is 0 Å². The Morgan fingerprint density at radius 1 is 1.25 bits per heavy atom. The smallest absolute Gasteiger partial charge is 0.255 e. The third-order valence-corrected chi connectivity index (χ3v) is 4.93. The molecule has 4 heteroatoms. The highest BCUT2D eigenvalue weighted by molar-refractivity contribution is 6.22. The van der Waals surface area contributed by atoms with Gasteiger partial charge in [0.15, 0.2) is 0 Å². The van der Waals surface area contributed by atoms with E-state index in [4.69, 9.17) is 0 Å². The summed E-state index contributed by atoms with van der Waals surface area (Å²) in [6.45, 7) is 0. The van der Waals surface area contributed by atoms with E-state index in [1.54, 1.807) is 6.07 Å². The maximum Gasteiger partial charge on any atom is 0.255 e. The van der Waals surface area contributed by atoms with E-state index in [0.717, 1.165) is 24.8 Å². The van der Waals surface area contributed by atoms with E-state index in [2.05, 4.69) is 11.4 Å². The molecule has 1 aliphatic heterocycles. The molecule has 2 amide bonds. The summed E-state index contributed by atoms with van der Waals surface area (Å²) < 4.78 is 0. The van der Waals surface area contributed by atoms with Crippen LogP contribution >= 0.6 is 0 Å². The van der Waals surface area contributed by atoms with Crippen LogP contribution in [0.25, 0.3) is 0 Å². The van der Waals surface area contributed by atoms with Crippen LogP contribution in [0.3, 0.4) is 0 Å². The predicted octanol–water partition coefficient (Wildman–Crippen LogP) is 1.56. The van der Waals surface area contributed by atoms with Gasteiger partial charge in [-0.15, -0.1) is 0 Å². The highest BCUT2D eigenvalue weighted by Crippen LogP contribution is 2.60. The molecule has 1 aromatic carbocycles. The molecule has 1 heterocycles. The lowest BCUT2D eigenvalue weighted by atomic mass is 9.72. The zero-order valence-corrected chi connectivity index (χ0v) is 10.8. The fourth-order valence-corrected chi connectivity index (χ4v) is 4.23. The van der Waals surface area contributed by atoms with Crippen molar-refractivity contribution in [2.24, 2.45) is 5.92 Å². The SMILES string of the molecule is N#Cc1ccccc1C12CCC(C1)C1=C2C(=O)NC1=O. The molecule has 0 aromatic heterocycles. The Hall–Kier alpha value is -2.41. The zero-order valence-electron chi connectivity index (χ0n) is 10.8. The van der Waals surface area contributed by atoms with E-state index in [9.17, 15) is 14.9 Å². The maximum absolute atomic E-state index is 12.2. The van der Waals surface area contributed by atoms with Crippen LogP contribution in [-0.4, -0.2) is 11.8 Å². The van der Waals surface area contributed by atoms with Gasteiger partial charge in [-0.2, -0.15) is 5.26 Å². The van der Waals surface area contributed by atoms with Crippen molar-refractivity contribution in [3.05, 3.63) is 46.5 Å². The molecule has 0 spiro atoms. The summed E-state index contributed by atoms with van der Waals surface area (Å²) >= 11 is 0. The number of carbonyl (C=O) groups is 2. The van der Waals surface area contributed by atoms with Gasteiger partial charge in [0, 0.05) is 16.6 Å². The first-order valence-corrected chi connectivity index (χ1v) is 6.77. The molecule has 1 aromatic rings. The molecule has 0 radical (unpaired) electrons. The summed E-state index contributed by atoms with van der Waals surface area (Å²) in [5.74, 6) is -0.325. The van der Waals surface area contributed by atoms with Gasteiger partial charge >= 0.3 is 0 Å². The predicted molar refractivity (Wildman–Crippen MR) is 70.4 cm³/mol. The van der Waals surface area contributed by atoms with Crippen molar-refractivity contribution in [3.8, 4) is 6.07 Å². The molecule has 3 aliphatic rings. The van der Waals surface area contributed by atoms with Gasteiger partial charge in [0.2, 0.25) is 0 Å². The quantitative estimate of drug-likeness (QED) is 0.782. The third-order valence-electron chi connectivity index (χ3n) is 4.93. The topological polar surface area (TPSA) is 70.0 Å². The molecule has 2 atom stereocenters. The van der Waals surface area contributed by atoms with Crippen molar-refractivity contribution in [1.29, 1.82) is 5.26 Å². The lowest BCUT2D eigenvalue weighted by molar-refractivity contribution is -0.124. The molecule has 4 rings (SSSR count). The van der Waals surface area contributed by atoms with E-state index in [-0.39, 0.29) is 17.7 Å². The van der Waals surface area contributed by atoms with Crippen molar-refractivity contribution < 1.29 is 9.59 Å². The van der Waals surface area contributed by atoms with E-state index in [1.807, 2.05) is 18.2 Å². The van der Waals surface area contributed by atoms with E-state index < -0.39 is 5.41 Å². The number of nitrogens with one attached hydrogen (secondary N) is 1. The highest BCUT2D eigenvalue weighted by atomic mass is 16.2. The second-order valence-electron chi connectivity index (χ2n) is 5.75. The Labute approximate surface area is 116 Å². The van der Waals surface area contributed by atoms with E-state index in [0.29, 0.717) is 16.7 Å². The number of hydrogen-bond donors (Lipinski definition) is 1. The summed E-state index contributed by atoms with van der Waals surface area (Å²) in [7, 11) is 0. The second-order valence-corrected chi connectivity index (χ2v) is 5.75. The molecule has 2 unspecified atom stereocenters. The normalized spacial score (nSPS) is 30.4. The first-order chi connectivity index (χ1) is 9.67. The lowest BCUT2D eigenvalue weighted by Crippen LogP contribution is -2.33. The molecule has 1 N–H and O–H groups in total. The summed E-state index contributed by atoms with van der Waals surface area (Å²) in [5.41, 5.74) is 2.38. The average Bonchev–Trinajstić information content (AvgIpc) is 3.11. The van der Waals surface area contributed by atoms with Gasteiger partial charge in [-0.1, -0.05) is 18.2 Å². The molecule has 98 valence electrons. The summed E-state index contributed by atoms with van der Waals surface area (Å²) in [6, 6.07) is 9.65. The fraction of sp³-hybridized carbons (Fsp3) is 0.312. The zero-order chi connectivity index (χ0) is 13.9. The van der Waals surface area contributed by atoms with Crippen molar-refractivity contribution in [2.75, 3.05) is 0 Å². The second kappa shape index (κ2) is 3.57. The number of imide groups is 1. The Kier molecular flexibility index (Phi) is 2.04. The minimum absolute atomic E-state index is 0.170. The standard InChI is InChI=1S/C16H12N2O2/c17-8-10-3-1-2-4-11(10)16-6-5-9(7-16)12-13(16)15(20)18-14(12)19/h1-4,9H,5-7H2,(H,18,19,20). The number of nitriles is 1. The lowest BCUT2D eigenvalue weighted by Gasteiger charge is -2.29. The van der Waals surface area contributed by atoms with Crippen LogP contribution in [0.4, 0.5) is 0 Å². The highest BCUT2D eigenvalue weighted by Gasteiger charge is 2.58. The van der Waals surface area contributed by atoms with Crippen LogP contribution in [0.2, 0.25) is 0 Å². The number of carbonyl (C=O) groups excluding carboxylic acids is 2. The van der Waals surface area contributed by atoms with Gasteiger partial charge in [0.1, 0.15) is 0 Å². The molecule has 1 fully saturated rings. The summed E-state index contributed by atoms with van der Waals surface area (Å²) in [6.07, 6.45) is 2.55. The first-order valence-electron chi connectivity index (χ1n) is 6.77. The Morgan fingerprint density at radius 3 is 2.85 bits per heavy atom. The van der Waals surface area contributed by atoms with Crippen LogP contribution in [0.1, 0.15) is 30.4 Å².